The predicted octanol–water partition coefficient (Wildman–Crippen LogP) is 4.65. The third-order valence-electron chi connectivity index (χ3n) is 7.24. The summed E-state index contributed by atoms with van der Waals surface area (Å²) in [7, 11) is 1.00. The van der Waals surface area contributed by atoms with Gasteiger partial charge in [-0.1, -0.05) is 26.8 Å². The maximum Gasteiger partial charge on any atom is 0.115 e. The number of benzene rings is 1. The van der Waals surface area contributed by atoms with E-state index in [-0.39, 0.29) is 6.61 Å². The summed E-state index contributed by atoms with van der Waals surface area (Å²) < 4.78 is 6.19. The number of phenolic OH excluding ortho intramolecular Hbond substituents is 1. The summed E-state index contributed by atoms with van der Waals surface area (Å²) in [6.45, 7) is 7.37. The second-order valence-corrected chi connectivity index (χ2v) is 8.36. The van der Waals surface area contributed by atoms with Gasteiger partial charge in [-0.25, -0.2) is 0 Å². The fourth-order valence-corrected chi connectivity index (χ4v) is 6.08. The van der Waals surface area contributed by atoms with E-state index in [4.69, 9.17) is 14.9 Å². The lowest BCUT2D eigenvalue weighted by molar-refractivity contribution is -0.0661. The number of hydrogen-bond donors (Lipinski definition) is 3. The number of aryl methyl sites for hydroxylation is 1. The van der Waals surface area contributed by atoms with Gasteiger partial charge in [-0.2, -0.15) is 0 Å². The number of ether oxygens (including phenoxy) is 1. The molecule has 160 valence electrons. The molecule has 2 saturated carbocycles. The first-order valence-electron chi connectivity index (χ1n) is 11.1. The molecule has 0 spiro atoms. The van der Waals surface area contributed by atoms with E-state index in [9.17, 15) is 5.11 Å². The standard InChI is InChI=1S/C21H30O3.C2H6.CH4O/c1-21-10-9-17-16-6-4-15(23)13-14(16)3-5-18(17)19(21)7-8-20(21)24-12-2-11-22;2*1-2/h4,6,13,17-20,22-23H,2-3,5,7-12H2,1H3;1-2H3;2H,1H3. The molecule has 4 rings (SSSR count). The molecule has 3 aliphatic carbocycles. The molecule has 3 N–H and O–H groups in total. The molecule has 1 aromatic carbocycles. The molecule has 2 fully saturated rings. The Labute approximate surface area is 170 Å². The molecule has 0 saturated heterocycles. The highest BCUT2D eigenvalue weighted by molar-refractivity contribution is 5.40. The number of aliphatic hydroxyl groups is 2. The second kappa shape index (κ2) is 10.6. The molecular formula is C24H40O4. The van der Waals surface area contributed by atoms with Crippen LogP contribution in [0.2, 0.25) is 0 Å². The Bertz CT molecular complexity index is 602. The molecular weight excluding hydrogens is 352 g/mol. The number of hydrogen-bond acceptors (Lipinski definition) is 4. The summed E-state index contributed by atoms with van der Waals surface area (Å²) in [5, 5.41) is 25.8. The third kappa shape index (κ3) is 4.39. The van der Waals surface area contributed by atoms with Crippen LogP contribution in [0.15, 0.2) is 18.2 Å². The van der Waals surface area contributed by atoms with Crippen LogP contribution in [-0.2, 0) is 11.2 Å². The molecule has 4 heteroatoms. The van der Waals surface area contributed by atoms with Crippen molar-refractivity contribution in [2.75, 3.05) is 20.3 Å². The van der Waals surface area contributed by atoms with Crippen LogP contribution in [0.5, 0.6) is 5.75 Å². The van der Waals surface area contributed by atoms with Crippen LogP contribution in [0.1, 0.15) is 76.3 Å². The Morgan fingerprint density at radius 2 is 1.86 bits per heavy atom. The van der Waals surface area contributed by atoms with Crippen LogP contribution < -0.4 is 0 Å². The molecule has 4 nitrogen and oxygen atoms in total. The van der Waals surface area contributed by atoms with Crippen molar-refractivity contribution in [2.45, 2.75) is 77.7 Å². The fraction of sp³-hybridized carbons (Fsp3) is 0.750. The van der Waals surface area contributed by atoms with Crippen molar-refractivity contribution in [3.05, 3.63) is 29.3 Å². The number of aliphatic hydroxyl groups excluding tert-OH is 2. The van der Waals surface area contributed by atoms with Crippen molar-refractivity contribution in [1.82, 2.24) is 0 Å². The lowest BCUT2D eigenvalue weighted by atomic mass is 9.55. The number of aromatic hydroxyl groups is 1. The zero-order chi connectivity index (χ0) is 20.7. The average Bonchev–Trinajstić information content (AvgIpc) is 3.07. The van der Waals surface area contributed by atoms with Gasteiger partial charge >= 0.3 is 0 Å². The van der Waals surface area contributed by atoms with Crippen LogP contribution in [0.25, 0.3) is 0 Å². The number of fused-ring (bicyclic) bond motifs is 5. The summed E-state index contributed by atoms with van der Waals surface area (Å²) >= 11 is 0. The highest BCUT2D eigenvalue weighted by Crippen LogP contribution is 2.61. The van der Waals surface area contributed by atoms with Crippen molar-refractivity contribution >= 4 is 0 Å². The quantitative estimate of drug-likeness (QED) is 0.652. The van der Waals surface area contributed by atoms with Crippen LogP contribution in [0, 0.1) is 17.3 Å². The summed E-state index contributed by atoms with van der Waals surface area (Å²) in [5.74, 6) is 2.61. The van der Waals surface area contributed by atoms with Crippen LogP contribution in [0.3, 0.4) is 0 Å². The van der Waals surface area contributed by atoms with Crippen molar-refractivity contribution in [2.24, 2.45) is 17.3 Å². The molecule has 0 aromatic heterocycles. The van der Waals surface area contributed by atoms with Gasteiger partial charge in [0.2, 0.25) is 0 Å². The summed E-state index contributed by atoms with van der Waals surface area (Å²) in [6, 6.07) is 6.02. The summed E-state index contributed by atoms with van der Waals surface area (Å²) in [4.78, 5) is 0. The first-order chi connectivity index (χ1) is 13.6. The predicted molar refractivity (Wildman–Crippen MR) is 114 cm³/mol. The molecule has 0 radical (unpaired) electrons. The minimum atomic E-state index is 0.223. The summed E-state index contributed by atoms with van der Waals surface area (Å²) in [6.07, 6.45) is 8.43. The van der Waals surface area contributed by atoms with Gasteiger partial charge in [0.1, 0.15) is 5.75 Å². The SMILES string of the molecule is CC.CC12CCC3c4ccc(O)cc4CCC3C1CCC2OCCCO.CO. The lowest BCUT2D eigenvalue weighted by Gasteiger charge is -2.50. The topological polar surface area (TPSA) is 69.9 Å². The number of phenols is 1. The van der Waals surface area contributed by atoms with Gasteiger partial charge in [-0.3, -0.25) is 0 Å². The molecule has 0 heterocycles. The van der Waals surface area contributed by atoms with Crippen molar-refractivity contribution in [1.29, 1.82) is 0 Å². The van der Waals surface area contributed by atoms with Crippen molar-refractivity contribution in [3.63, 3.8) is 0 Å². The van der Waals surface area contributed by atoms with Gasteiger partial charge in [0, 0.05) is 20.3 Å². The van der Waals surface area contributed by atoms with E-state index in [1.54, 1.807) is 0 Å². The zero-order valence-corrected chi connectivity index (χ0v) is 18.2. The van der Waals surface area contributed by atoms with Crippen LogP contribution >= 0.6 is 0 Å². The highest BCUT2D eigenvalue weighted by Gasteiger charge is 2.55. The molecule has 0 aliphatic heterocycles. The van der Waals surface area contributed by atoms with Gasteiger partial charge in [-0.15, -0.1) is 0 Å². The Hall–Kier alpha value is -1.10. The minimum absolute atomic E-state index is 0.223. The molecule has 5 atom stereocenters. The van der Waals surface area contributed by atoms with Crippen molar-refractivity contribution < 1.29 is 20.1 Å². The van der Waals surface area contributed by atoms with E-state index in [1.165, 1.54) is 43.2 Å². The van der Waals surface area contributed by atoms with Crippen LogP contribution in [-0.4, -0.2) is 41.7 Å². The van der Waals surface area contributed by atoms with E-state index in [0.29, 0.717) is 29.8 Å². The van der Waals surface area contributed by atoms with E-state index in [1.807, 2.05) is 26.0 Å². The first-order valence-corrected chi connectivity index (χ1v) is 11.1. The van der Waals surface area contributed by atoms with E-state index < -0.39 is 0 Å². The molecule has 0 bridgehead atoms. The Morgan fingerprint density at radius 3 is 2.57 bits per heavy atom. The molecule has 5 unspecified atom stereocenters. The Morgan fingerprint density at radius 1 is 1.11 bits per heavy atom. The van der Waals surface area contributed by atoms with Gasteiger partial charge in [-0.05, 0) is 91.4 Å². The minimum Gasteiger partial charge on any atom is -0.508 e. The molecule has 3 aliphatic rings. The summed E-state index contributed by atoms with van der Waals surface area (Å²) in [5.41, 5.74) is 3.18. The smallest absolute Gasteiger partial charge is 0.115 e. The molecule has 0 amide bonds. The largest absolute Gasteiger partial charge is 0.508 e. The fourth-order valence-electron chi connectivity index (χ4n) is 6.08. The van der Waals surface area contributed by atoms with Crippen molar-refractivity contribution in [3.8, 4) is 5.75 Å². The Kier molecular flexibility index (Phi) is 8.79. The maximum atomic E-state index is 9.78. The average molecular weight is 393 g/mol. The zero-order valence-electron chi connectivity index (χ0n) is 18.2. The number of rotatable bonds is 4. The van der Waals surface area contributed by atoms with E-state index >= 15 is 0 Å². The Balaban J connectivity index is 0.000000660. The van der Waals surface area contributed by atoms with Crippen LogP contribution in [0.4, 0.5) is 0 Å². The first kappa shape index (κ1) is 23.2. The normalized spacial score (nSPS) is 32.6. The maximum absolute atomic E-state index is 9.78. The monoisotopic (exact) mass is 392 g/mol. The van der Waals surface area contributed by atoms with Gasteiger partial charge in [0.05, 0.1) is 6.10 Å². The molecule has 1 aromatic rings. The second-order valence-electron chi connectivity index (χ2n) is 8.36. The molecule has 28 heavy (non-hydrogen) atoms. The van der Waals surface area contributed by atoms with E-state index in [0.717, 1.165) is 31.8 Å². The van der Waals surface area contributed by atoms with Gasteiger partial charge < -0.3 is 20.1 Å². The lowest BCUT2D eigenvalue weighted by Crippen LogP contribution is -2.44. The highest BCUT2D eigenvalue weighted by atomic mass is 16.5. The third-order valence-corrected chi connectivity index (χ3v) is 7.24. The van der Waals surface area contributed by atoms with Gasteiger partial charge in [0.15, 0.2) is 0 Å². The van der Waals surface area contributed by atoms with E-state index in [2.05, 4.69) is 13.0 Å². The van der Waals surface area contributed by atoms with Gasteiger partial charge in [0.25, 0.3) is 0 Å².